The Balaban J connectivity index is 1.34. The van der Waals surface area contributed by atoms with Gasteiger partial charge in [-0.3, -0.25) is 52.7 Å². The first-order valence-electron chi connectivity index (χ1n) is 32.6. The zero-order valence-electron chi connectivity index (χ0n) is 54.6. The van der Waals surface area contributed by atoms with E-state index in [4.69, 9.17) is 11.6 Å². The fraction of sp³-hybridized carbons (Fsp3) is 0.825. The van der Waals surface area contributed by atoms with E-state index in [-0.39, 0.29) is 95.6 Å². The summed E-state index contributed by atoms with van der Waals surface area (Å²) in [5.41, 5.74) is -1.47. The van der Waals surface area contributed by atoms with Crippen molar-refractivity contribution in [3.8, 4) is 0 Å². The number of carbonyl (C=O) groups is 11. The van der Waals surface area contributed by atoms with Crippen LogP contribution in [0.4, 0.5) is 13.2 Å². The quantitative estimate of drug-likeness (QED) is 0.242. The Hall–Kier alpha value is -5.75. The van der Waals surface area contributed by atoms with Crippen molar-refractivity contribution in [2.24, 2.45) is 29.6 Å². The second-order valence-electron chi connectivity index (χ2n) is 27.1. The molecule has 4 N–H and O–H groups in total. The maximum Gasteiger partial charge on any atom is 0.393 e. The normalized spacial score (nSPS) is 32.1. The van der Waals surface area contributed by atoms with E-state index in [9.17, 15) is 61.1 Å². The number of hydrogen-bond donors (Lipinski definition) is 4. The maximum atomic E-state index is 15.1. The summed E-state index contributed by atoms with van der Waals surface area (Å²) >= 11 is 6.37. The minimum absolute atomic E-state index is 0.0134. The second-order valence-corrected chi connectivity index (χ2v) is 27.7. The van der Waals surface area contributed by atoms with Gasteiger partial charge in [-0.25, -0.2) is 0 Å². The van der Waals surface area contributed by atoms with Gasteiger partial charge in [-0.05, 0) is 115 Å². The second kappa shape index (κ2) is 31.0. The van der Waals surface area contributed by atoms with Gasteiger partial charge in [0.15, 0.2) is 0 Å². The zero-order valence-corrected chi connectivity index (χ0v) is 55.3. The molecule has 6 aliphatic rings. The van der Waals surface area contributed by atoms with Gasteiger partial charge in [0.05, 0.1) is 12.5 Å². The number of nitrogens with one attached hydrogen (secondary N) is 4. The Bertz CT molecular complexity index is 2590. The molecule has 1 spiro atoms. The molecule has 6 rings (SSSR count). The fourth-order valence-corrected chi connectivity index (χ4v) is 14.7. The molecule has 11 amide bonds. The minimum atomic E-state index is -4.49. The number of rotatable bonds is 8. The molecule has 26 heteroatoms. The third-order valence-electron chi connectivity index (χ3n) is 20.6. The van der Waals surface area contributed by atoms with Crippen LogP contribution in [0.1, 0.15) is 177 Å². The summed E-state index contributed by atoms with van der Waals surface area (Å²) in [5.74, 6) is -9.32. The molecule has 3 saturated heterocycles. The van der Waals surface area contributed by atoms with E-state index in [1.165, 1.54) is 83.4 Å². The highest BCUT2D eigenvalue weighted by Crippen LogP contribution is 2.44. The van der Waals surface area contributed by atoms with E-state index in [2.05, 4.69) is 21.3 Å². The molecule has 22 nitrogen and oxygen atoms in total. The fourth-order valence-electron chi connectivity index (χ4n) is 14.2. The Morgan fingerprint density at radius 1 is 0.596 bits per heavy atom. The predicted molar refractivity (Wildman–Crippen MR) is 327 cm³/mol. The van der Waals surface area contributed by atoms with Gasteiger partial charge in [0, 0.05) is 66.2 Å². The van der Waals surface area contributed by atoms with Gasteiger partial charge in [0.25, 0.3) is 0 Å². The molecule has 502 valence electrons. The number of hydrogen-bond acceptors (Lipinski definition) is 11. The van der Waals surface area contributed by atoms with Crippen molar-refractivity contribution in [1.82, 2.24) is 55.6 Å². The molecule has 3 unspecified atom stereocenters. The van der Waals surface area contributed by atoms with Crippen molar-refractivity contribution >= 4 is 76.6 Å². The van der Waals surface area contributed by atoms with E-state index in [0.29, 0.717) is 25.7 Å². The van der Waals surface area contributed by atoms with Gasteiger partial charge in [0.1, 0.15) is 53.9 Å². The van der Waals surface area contributed by atoms with Gasteiger partial charge in [-0.15, -0.1) is 11.6 Å². The summed E-state index contributed by atoms with van der Waals surface area (Å²) in [7, 11) is 7.24. The molecule has 0 bridgehead atoms. The molecule has 3 saturated carbocycles. The lowest BCUT2D eigenvalue weighted by Crippen LogP contribution is -2.65. The Kier molecular flexibility index (Phi) is 25.2. The minimum Gasteiger partial charge on any atom is -0.351 e. The first-order valence-corrected chi connectivity index (χ1v) is 33.0. The Morgan fingerprint density at radius 3 is 1.80 bits per heavy atom. The Morgan fingerprint density at radius 2 is 1.21 bits per heavy atom. The van der Waals surface area contributed by atoms with Gasteiger partial charge in [-0.1, -0.05) is 79.1 Å². The zero-order chi connectivity index (χ0) is 66.1. The highest BCUT2D eigenvalue weighted by atomic mass is 35.5. The lowest BCUT2D eigenvalue weighted by Gasteiger charge is -2.44. The van der Waals surface area contributed by atoms with Crippen molar-refractivity contribution in [2.45, 2.75) is 248 Å². The molecule has 13 atom stereocenters. The van der Waals surface area contributed by atoms with Crippen LogP contribution >= 0.6 is 11.6 Å². The predicted octanol–water partition coefficient (Wildman–Crippen LogP) is 4.73. The molecule has 3 heterocycles. The van der Waals surface area contributed by atoms with Crippen LogP contribution in [0.5, 0.6) is 0 Å². The summed E-state index contributed by atoms with van der Waals surface area (Å²) in [6.07, 6.45) is 2.97. The van der Waals surface area contributed by atoms with E-state index < -0.39 is 161 Å². The van der Waals surface area contributed by atoms with Crippen LogP contribution < -0.4 is 21.3 Å². The van der Waals surface area contributed by atoms with Crippen LogP contribution in [0.3, 0.4) is 0 Å². The lowest BCUT2D eigenvalue weighted by atomic mass is 9.78. The largest absolute Gasteiger partial charge is 0.393 e. The van der Waals surface area contributed by atoms with Gasteiger partial charge in [0.2, 0.25) is 65.0 Å². The number of carbonyl (C=O) groups excluding carboxylic acids is 11. The highest BCUT2D eigenvalue weighted by molar-refractivity contribution is 6.20. The molecular weight excluding hydrogens is 1180 g/mol. The van der Waals surface area contributed by atoms with E-state index >= 15 is 4.79 Å². The molecule has 0 aromatic rings. The van der Waals surface area contributed by atoms with Crippen LogP contribution in [-0.4, -0.2) is 226 Å². The molecule has 0 aromatic heterocycles. The summed E-state index contributed by atoms with van der Waals surface area (Å²) in [5, 5.41) is 10.4. The smallest absolute Gasteiger partial charge is 0.351 e. The molecule has 0 aromatic carbocycles. The van der Waals surface area contributed by atoms with E-state index in [1.807, 2.05) is 6.92 Å². The number of amides is 11. The third kappa shape index (κ3) is 17.2. The first kappa shape index (κ1) is 72.3. The third-order valence-corrected chi connectivity index (χ3v) is 21.0. The number of fused-ring (bicyclic) bond motifs is 2. The van der Waals surface area contributed by atoms with Gasteiger partial charge in [-0.2, -0.15) is 13.2 Å². The molecule has 3 aliphatic carbocycles. The molecule has 3 aliphatic heterocycles. The molecule has 0 radical (unpaired) electrons. The summed E-state index contributed by atoms with van der Waals surface area (Å²) in [6.45, 7) is 11.6. The number of alkyl halides is 4. The van der Waals surface area contributed by atoms with Crippen molar-refractivity contribution < 1.29 is 65.9 Å². The van der Waals surface area contributed by atoms with Crippen LogP contribution in [0.2, 0.25) is 0 Å². The highest BCUT2D eigenvalue weighted by Gasteiger charge is 2.51. The van der Waals surface area contributed by atoms with Crippen LogP contribution in [0.25, 0.3) is 0 Å². The maximum absolute atomic E-state index is 15.1. The number of nitrogens with zero attached hydrogens (tertiary/aromatic N) is 7. The topological polar surface area (TPSA) is 259 Å². The standard InChI is InChI=1S/C63H101ClF3N11O11/c1-13-37(4)51-60(88)78-31-27-47(78)58(86)72(8)35-50(80)75(11)48(34-41-20-15-14-16-21-41)59(87)74(10)40(7)53(81)69-45(26-24-42-23-25-43(44(64)33-42)63(65,66)67)57(85)77-30-19-22-46(77)55(83)71-62(28-17-18-29-62)61(89)76(12)52(36(2)3)56(84)68-38(5)32-49(79)73(9)39(6)54(82)70-51/h36-48,51-52H,13-35H2,1-12H3,(H,68,84)(H,69,81)(H,70,82)(H,71,83)/t37-,38+,39-,40+,42?,43?,44?,45-,46-,47-,48-,51-,52-/m0/s1. The summed E-state index contributed by atoms with van der Waals surface area (Å²) in [4.78, 5) is 169. The van der Waals surface area contributed by atoms with Gasteiger partial charge < -0.3 is 55.6 Å². The lowest BCUT2D eigenvalue weighted by molar-refractivity contribution is -0.182. The van der Waals surface area contributed by atoms with Crippen molar-refractivity contribution in [2.75, 3.05) is 54.9 Å². The number of halogens is 4. The van der Waals surface area contributed by atoms with Gasteiger partial charge >= 0.3 is 6.18 Å². The van der Waals surface area contributed by atoms with Crippen LogP contribution in [0, 0.1) is 29.6 Å². The molecule has 89 heavy (non-hydrogen) atoms. The average Bonchev–Trinajstić information content (AvgIpc) is 2.94. The van der Waals surface area contributed by atoms with Crippen molar-refractivity contribution in [1.29, 1.82) is 0 Å². The molecular formula is C63H101ClF3N11O11. The van der Waals surface area contributed by atoms with E-state index in [0.717, 1.165) is 32.1 Å². The Labute approximate surface area is 528 Å². The van der Waals surface area contributed by atoms with Crippen LogP contribution in [0.15, 0.2) is 0 Å². The number of likely N-dealkylation sites (N-methyl/N-ethyl adjacent to an activating group) is 5. The van der Waals surface area contributed by atoms with E-state index in [1.54, 1.807) is 27.7 Å². The SMILES string of the molecule is CC[C@H](C)[C@@H]1NC(=O)[C@H](C)N(C)C(=O)C[C@@H](C)NC(=O)[C@H](C(C)C)N(C)C(=O)C2(CCCC2)NC(=O)[C@@H]2CCCN2C(=O)[C@H](CCC2CCC(C(F)(F)F)C(Cl)C2)NC(=O)[C@@H](C)N(C)C(=O)[C@H](CC2CCCCC2)N(C)C(=O)CN(C)C(=O)[C@@H]2CCN2C1=O. The molecule has 6 fully saturated rings. The summed E-state index contributed by atoms with van der Waals surface area (Å²) < 4.78 is 41.8. The van der Waals surface area contributed by atoms with Crippen molar-refractivity contribution in [3.05, 3.63) is 0 Å². The average molecular weight is 1280 g/mol. The van der Waals surface area contributed by atoms with Crippen LogP contribution in [-0.2, 0) is 52.7 Å². The monoisotopic (exact) mass is 1280 g/mol. The first-order chi connectivity index (χ1) is 41.7. The summed E-state index contributed by atoms with van der Waals surface area (Å²) in [6, 6.07) is -9.79. The van der Waals surface area contributed by atoms with Crippen molar-refractivity contribution in [3.63, 3.8) is 0 Å².